The fourth-order valence-electron chi connectivity index (χ4n) is 2.03. The summed E-state index contributed by atoms with van der Waals surface area (Å²) in [6.07, 6.45) is 0. The van der Waals surface area contributed by atoms with Crippen molar-refractivity contribution >= 4 is 17.0 Å². The van der Waals surface area contributed by atoms with E-state index in [2.05, 4.69) is 4.98 Å². The minimum atomic E-state index is 0.509. The summed E-state index contributed by atoms with van der Waals surface area (Å²) in [5.74, 6) is 1.31. The Morgan fingerprint density at radius 2 is 1.95 bits per heavy atom. The summed E-state index contributed by atoms with van der Waals surface area (Å²) in [4.78, 5) is 4.29. The van der Waals surface area contributed by atoms with Gasteiger partial charge < -0.3 is 15.0 Å². The van der Waals surface area contributed by atoms with E-state index in [1.54, 1.807) is 0 Å². The van der Waals surface area contributed by atoms with Crippen molar-refractivity contribution < 1.29 is 4.74 Å². The Hall–Kier alpha value is -2.49. The zero-order chi connectivity index (χ0) is 13.2. The van der Waals surface area contributed by atoms with Gasteiger partial charge in [-0.2, -0.15) is 0 Å². The van der Waals surface area contributed by atoms with E-state index in [-0.39, 0.29) is 0 Å². The molecule has 0 saturated carbocycles. The second-order valence-corrected chi connectivity index (χ2v) is 4.45. The Morgan fingerprint density at radius 3 is 2.74 bits per heavy atom. The van der Waals surface area contributed by atoms with Crippen LogP contribution in [0.5, 0.6) is 5.75 Å². The number of hydrogen-bond acceptors (Lipinski definition) is 3. The number of imidazole rings is 1. The summed E-state index contributed by atoms with van der Waals surface area (Å²) in [7, 11) is 1.90. The fraction of sp³-hybridized carbons (Fsp3) is 0.133. The Labute approximate surface area is 111 Å². The predicted molar refractivity (Wildman–Crippen MR) is 75.9 cm³/mol. The molecule has 2 N–H and O–H groups in total. The Kier molecular flexibility index (Phi) is 2.83. The molecule has 0 unspecified atom stereocenters. The van der Waals surface area contributed by atoms with E-state index in [0.717, 1.165) is 22.3 Å². The lowest BCUT2D eigenvalue weighted by Gasteiger charge is -2.06. The highest BCUT2D eigenvalue weighted by molar-refractivity contribution is 5.79. The van der Waals surface area contributed by atoms with Gasteiger partial charge in [0.15, 0.2) is 0 Å². The molecule has 0 radical (unpaired) electrons. The van der Waals surface area contributed by atoms with E-state index in [9.17, 15) is 0 Å². The molecule has 0 aliphatic rings. The number of nitrogens with two attached hydrogens (primary N) is 1. The number of nitrogens with zero attached hydrogens (tertiary/aromatic N) is 2. The van der Waals surface area contributed by atoms with Crippen molar-refractivity contribution in [2.45, 2.75) is 6.61 Å². The summed E-state index contributed by atoms with van der Waals surface area (Å²) in [6.45, 7) is 0.550. The highest BCUT2D eigenvalue weighted by Gasteiger charge is 2.05. The molecule has 0 fully saturated rings. The number of fused-ring (bicyclic) bond motifs is 1. The largest absolute Gasteiger partial charge is 0.489 e. The summed E-state index contributed by atoms with van der Waals surface area (Å²) >= 11 is 0. The number of anilines is 1. The molecule has 0 atom stereocenters. The van der Waals surface area contributed by atoms with Crippen LogP contribution in [0.1, 0.15) is 5.56 Å². The van der Waals surface area contributed by atoms with Crippen LogP contribution in [-0.4, -0.2) is 9.55 Å². The molecule has 0 saturated heterocycles. The van der Waals surface area contributed by atoms with Gasteiger partial charge in [0, 0.05) is 13.1 Å². The van der Waals surface area contributed by atoms with Crippen LogP contribution < -0.4 is 10.5 Å². The van der Waals surface area contributed by atoms with Crippen LogP contribution in [0.2, 0.25) is 0 Å². The summed E-state index contributed by atoms with van der Waals surface area (Å²) in [5.41, 5.74) is 8.78. The number of aromatic nitrogens is 2. The van der Waals surface area contributed by atoms with Crippen molar-refractivity contribution in [3.63, 3.8) is 0 Å². The number of benzene rings is 2. The molecule has 1 aromatic heterocycles. The first-order chi connectivity index (χ1) is 9.24. The van der Waals surface area contributed by atoms with Crippen LogP contribution in [0.4, 0.5) is 5.95 Å². The van der Waals surface area contributed by atoms with E-state index >= 15 is 0 Å². The number of aryl methyl sites for hydroxylation is 1. The molecule has 2 aromatic carbocycles. The highest BCUT2D eigenvalue weighted by Crippen LogP contribution is 2.22. The quantitative estimate of drug-likeness (QED) is 0.780. The lowest BCUT2D eigenvalue weighted by molar-refractivity contribution is 0.306. The van der Waals surface area contributed by atoms with Crippen molar-refractivity contribution in [2.24, 2.45) is 7.05 Å². The highest BCUT2D eigenvalue weighted by atomic mass is 16.5. The fourth-order valence-corrected chi connectivity index (χ4v) is 2.03. The zero-order valence-corrected chi connectivity index (χ0v) is 10.7. The second-order valence-electron chi connectivity index (χ2n) is 4.45. The third kappa shape index (κ3) is 2.25. The van der Waals surface area contributed by atoms with Gasteiger partial charge in [-0.3, -0.25) is 0 Å². The SMILES string of the molecule is Cn1c(N)nc2cc(OCc3ccccc3)ccc21. The first-order valence-electron chi connectivity index (χ1n) is 6.13. The van der Waals surface area contributed by atoms with Crippen LogP contribution in [-0.2, 0) is 13.7 Å². The second kappa shape index (κ2) is 4.65. The Balaban J connectivity index is 1.82. The number of ether oxygens (including phenoxy) is 1. The third-order valence-corrected chi connectivity index (χ3v) is 3.14. The molecule has 3 rings (SSSR count). The van der Waals surface area contributed by atoms with Crippen molar-refractivity contribution in [1.29, 1.82) is 0 Å². The van der Waals surface area contributed by atoms with Crippen LogP contribution in [0.3, 0.4) is 0 Å². The lowest BCUT2D eigenvalue weighted by Crippen LogP contribution is -1.96. The van der Waals surface area contributed by atoms with Gasteiger partial charge in [0.1, 0.15) is 12.4 Å². The topological polar surface area (TPSA) is 53.1 Å². The van der Waals surface area contributed by atoms with E-state index in [1.807, 2.05) is 60.1 Å². The summed E-state index contributed by atoms with van der Waals surface area (Å²) in [5, 5.41) is 0. The molecule has 0 amide bonds. The average Bonchev–Trinajstić information content (AvgIpc) is 2.73. The molecule has 19 heavy (non-hydrogen) atoms. The standard InChI is InChI=1S/C15H15N3O/c1-18-14-8-7-12(9-13(14)17-15(18)16)19-10-11-5-3-2-4-6-11/h2-9H,10H2,1H3,(H2,16,17). The Bertz CT molecular complexity index is 704. The van der Waals surface area contributed by atoms with Crippen molar-refractivity contribution in [3.05, 3.63) is 54.1 Å². The van der Waals surface area contributed by atoms with Gasteiger partial charge in [-0.15, -0.1) is 0 Å². The smallest absolute Gasteiger partial charge is 0.200 e. The third-order valence-electron chi connectivity index (χ3n) is 3.14. The zero-order valence-electron chi connectivity index (χ0n) is 10.7. The molecule has 0 aliphatic heterocycles. The maximum absolute atomic E-state index is 5.78. The average molecular weight is 253 g/mol. The Morgan fingerprint density at radius 1 is 1.16 bits per heavy atom. The van der Waals surface area contributed by atoms with Crippen LogP contribution in [0.25, 0.3) is 11.0 Å². The summed E-state index contributed by atoms with van der Waals surface area (Å²) in [6, 6.07) is 15.9. The molecule has 96 valence electrons. The molecule has 0 aliphatic carbocycles. The van der Waals surface area contributed by atoms with Crippen molar-refractivity contribution in [3.8, 4) is 5.75 Å². The minimum Gasteiger partial charge on any atom is -0.489 e. The maximum atomic E-state index is 5.78. The van der Waals surface area contributed by atoms with Crippen molar-refractivity contribution in [1.82, 2.24) is 9.55 Å². The minimum absolute atomic E-state index is 0.509. The molecule has 4 heteroatoms. The van der Waals surface area contributed by atoms with Gasteiger partial charge in [0.05, 0.1) is 11.0 Å². The predicted octanol–water partition coefficient (Wildman–Crippen LogP) is 2.73. The van der Waals surface area contributed by atoms with Gasteiger partial charge in [0.25, 0.3) is 0 Å². The van der Waals surface area contributed by atoms with E-state index in [4.69, 9.17) is 10.5 Å². The normalized spacial score (nSPS) is 10.8. The van der Waals surface area contributed by atoms with Crippen molar-refractivity contribution in [2.75, 3.05) is 5.73 Å². The van der Waals surface area contributed by atoms with Gasteiger partial charge in [-0.05, 0) is 17.7 Å². The number of nitrogen functional groups attached to an aromatic ring is 1. The maximum Gasteiger partial charge on any atom is 0.200 e. The van der Waals surface area contributed by atoms with E-state index < -0.39 is 0 Å². The van der Waals surface area contributed by atoms with Crippen LogP contribution in [0.15, 0.2) is 48.5 Å². The van der Waals surface area contributed by atoms with Gasteiger partial charge in [-0.25, -0.2) is 4.98 Å². The summed E-state index contributed by atoms with van der Waals surface area (Å²) < 4.78 is 7.62. The molecular weight excluding hydrogens is 238 g/mol. The monoisotopic (exact) mass is 253 g/mol. The van der Waals surface area contributed by atoms with Gasteiger partial charge in [0.2, 0.25) is 5.95 Å². The molecule has 4 nitrogen and oxygen atoms in total. The first kappa shape index (κ1) is 11.6. The lowest BCUT2D eigenvalue weighted by atomic mass is 10.2. The van der Waals surface area contributed by atoms with Crippen LogP contribution in [0, 0.1) is 0 Å². The molecular formula is C15H15N3O. The van der Waals surface area contributed by atoms with Gasteiger partial charge >= 0.3 is 0 Å². The molecule has 3 aromatic rings. The van der Waals surface area contributed by atoms with Gasteiger partial charge in [-0.1, -0.05) is 30.3 Å². The molecule has 1 heterocycles. The first-order valence-corrected chi connectivity index (χ1v) is 6.13. The molecule has 0 spiro atoms. The number of rotatable bonds is 3. The number of hydrogen-bond donors (Lipinski definition) is 1. The van der Waals surface area contributed by atoms with E-state index in [1.165, 1.54) is 0 Å². The van der Waals surface area contributed by atoms with Crippen LogP contribution >= 0.6 is 0 Å². The van der Waals surface area contributed by atoms with E-state index in [0.29, 0.717) is 12.6 Å². The molecule has 0 bridgehead atoms.